The summed E-state index contributed by atoms with van der Waals surface area (Å²) in [7, 11) is 0. The Morgan fingerprint density at radius 1 is 0.333 bits per heavy atom. The Kier molecular flexibility index (Phi) is 5.86. The van der Waals surface area contributed by atoms with Crippen molar-refractivity contribution in [2.45, 2.75) is 5.41 Å². The summed E-state index contributed by atoms with van der Waals surface area (Å²) in [6.45, 7) is 0. The van der Waals surface area contributed by atoms with Crippen molar-refractivity contribution < 1.29 is 4.74 Å². The van der Waals surface area contributed by atoms with E-state index in [1.54, 1.807) is 0 Å². The first-order chi connectivity index (χ1) is 23.8. The first kappa shape index (κ1) is 27.0. The van der Waals surface area contributed by atoms with Gasteiger partial charge in [-0.25, -0.2) is 0 Å². The summed E-state index contributed by atoms with van der Waals surface area (Å²) in [5.74, 6) is 1.80. The third-order valence-corrected chi connectivity index (χ3v) is 10.4. The molecule has 0 saturated heterocycles. The van der Waals surface area contributed by atoms with Crippen molar-refractivity contribution in [2.24, 2.45) is 0 Å². The van der Waals surface area contributed by atoms with Gasteiger partial charge in [-0.05, 0) is 90.8 Å². The highest BCUT2D eigenvalue weighted by Gasteiger charge is 2.46. The van der Waals surface area contributed by atoms with Crippen molar-refractivity contribution in [3.05, 3.63) is 204 Å². The molecule has 48 heavy (non-hydrogen) atoms. The van der Waals surface area contributed by atoms with Gasteiger partial charge in [-0.1, -0.05) is 158 Å². The summed E-state index contributed by atoms with van der Waals surface area (Å²) in [5, 5.41) is 2.36. The van der Waals surface area contributed by atoms with E-state index in [0.29, 0.717) is 0 Å². The topological polar surface area (TPSA) is 9.23 Å². The van der Waals surface area contributed by atoms with Crippen LogP contribution in [0.4, 0.5) is 0 Å². The Morgan fingerprint density at radius 3 is 1.71 bits per heavy atom. The first-order valence-corrected chi connectivity index (χ1v) is 16.6. The number of rotatable bonds is 4. The molecule has 10 rings (SSSR count). The van der Waals surface area contributed by atoms with Crippen LogP contribution in [0, 0.1) is 0 Å². The van der Waals surface area contributed by atoms with Gasteiger partial charge in [-0.3, -0.25) is 0 Å². The first-order valence-electron chi connectivity index (χ1n) is 16.6. The van der Waals surface area contributed by atoms with Crippen LogP contribution in [0.5, 0.6) is 11.5 Å². The maximum absolute atomic E-state index is 6.60. The Labute approximate surface area is 280 Å². The summed E-state index contributed by atoms with van der Waals surface area (Å²) in [5.41, 5.74) is 14.5. The fourth-order valence-corrected chi connectivity index (χ4v) is 8.31. The molecule has 1 aliphatic heterocycles. The smallest absolute Gasteiger partial charge is 0.135 e. The Hall–Kier alpha value is -6.18. The molecule has 0 aromatic heterocycles. The predicted molar refractivity (Wildman–Crippen MR) is 198 cm³/mol. The largest absolute Gasteiger partial charge is 0.456 e. The van der Waals surface area contributed by atoms with Crippen LogP contribution >= 0.6 is 0 Å². The molecule has 0 radical (unpaired) electrons. The summed E-state index contributed by atoms with van der Waals surface area (Å²) in [6.07, 6.45) is 0. The van der Waals surface area contributed by atoms with Crippen LogP contribution in [0.2, 0.25) is 0 Å². The quantitative estimate of drug-likeness (QED) is 0.193. The van der Waals surface area contributed by atoms with E-state index in [4.69, 9.17) is 4.74 Å². The number of hydrogen-bond donors (Lipinski definition) is 0. The van der Waals surface area contributed by atoms with Crippen molar-refractivity contribution in [1.82, 2.24) is 0 Å². The van der Waals surface area contributed by atoms with Crippen molar-refractivity contribution in [1.29, 1.82) is 0 Å². The fraction of sp³-hybridized carbons (Fsp3) is 0.0213. The van der Waals surface area contributed by atoms with E-state index in [0.717, 1.165) is 22.4 Å². The van der Waals surface area contributed by atoms with Crippen molar-refractivity contribution in [3.8, 4) is 56.0 Å². The molecular weight excluding hydrogens is 581 g/mol. The summed E-state index contributed by atoms with van der Waals surface area (Å²) >= 11 is 0. The molecule has 0 amide bonds. The standard InChI is InChI=1S/C47H30O/c1-4-13-31(14-5-1)32-24-27-44-41(29-32)40-21-12-20-39-36(26-28-45(48-44)46(39)40)33-23-25-38-37-19-10-11-22-42(37)47(43(38)30-33,34-15-6-2-7-16-34)35-17-8-3-9-18-35/h1-30H. The van der Waals surface area contributed by atoms with Gasteiger partial charge in [0.05, 0.1) is 5.41 Å². The Morgan fingerprint density at radius 2 is 0.938 bits per heavy atom. The minimum Gasteiger partial charge on any atom is -0.456 e. The van der Waals surface area contributed by atoms with E-state index in [9.17, 15) is 0 Å². The Bertz CT molecular complexity index is 2470. The highest BCUT2D eigenvalue weighted by atomic mass is 16.5. The zero-order chi connectivity index (χ0) is 31.7. The van der Waals surface area contributed by atoms with E-state index in [-0.39, 0.29) is 0 Å². The van der Waals surface area contributed by atoms with E-state index in [1.165, 1.54) is 66.6 Å². The second-order valence-corrected chi connectivity index (χ2v) is 12.8. The lowest BCUT2D eigenvalue weighted by Gasteiger charge is -2.34. The molecule has 8 aromatic rings. The van der Waals surface area contributed by atoms with Gasteiger partial charge in [0.25, 0.3) is 0 Å². The molecule has 1 heteroatoms. The molecule has 0 bridgehead atoms. The number of ether oxygens (including phenoxy) is 1. The third kappa shape index (κ3) is 3.79. The number of hydrogen-bond acceptors (Lipinski definition) is 1. The highest BCUT2D eigenvalue weighted by Crippen LogP contribution is 2.57. The molecule has 0 atom stereocenters. The van der Waals surface area contributed by atoms with Crippen LogP contribution in [0.25, 0.3) is 55.3 Å². The van der Waals surface area contributed by atoms with Crippen LogP contribution < -0.4 is 4.74 Å². The minimum absolute atomic E-state index is 0.438. The predicted octanol–water partition coefficient (Wildman–Crippen LogP) is 12.3. The van der Waals surface area contributed by atoms with Gasteiger partial charge in [0, 0.05) is 10.9 Å². The maximum Gasteiger partial charge on any atom is 0.135 e. The van der Waals surface area contributed by atoms with E-state index in [1.807, 2.05) is 0 Å². The normalized spacial score (nSPS) is 13.3. The third-order valence-electron chi connectivity index (χ3n) is 10.4. The molecule has 0 spiro atoms. The zero-order valence-corrected chi connectivity index (χ0v) is 26.2. The minimum atomic E-state index is -0.438. The average molecular weight is 611 g/mol. The fourth-order valence-electron chi connectivity index (χ4n) is 8.31. The second-order valence-electron chi connectivity index (χ2n) is 12.8. The van der Waals surface area contributed by atoms with Crippen molar-refractivity contribution >= 4 is 10.8 Å². The lowest BCUT2D eigenvalue weighted by molar-refractivity contribution is 0.487. The second kappa shape index (κ2) is 10.4. The van der Waals surface area contributed by atoms with Crippen LogP contribution in [0.3, 0.4) is 0 Å². The van der Waals surface area contributed by atoms with Gasteiger partial charge in [-0.15, -0.1) is 0 Å². The lowest BCUT2D eigenvalue weighted by Crippen LogP contribution is -2.28. The van der Waals surface area contributed by atoms with E-state index >= 15 is 0 Å². The van der Waals surface area contributed by atoms with Gasteiger partial charge in [0.15, 0.2) is 0 Å². The van der Waals surface area contributed by atoms with Gasteiger partial charge < -0.3 is 4.74 Å². The van der Waals surface area contributed by atoms with Crippen LogP contribution in [-0.4, -0.2) is 0 Å². The van der Waals surface area contributed by atoms with Gasteiger partial charge in [-0.2, -0.15) is 0 Å². The zero-order valence-electron chi connectivity index (χ0n) is 26.2. The SMILES string of the molecule is c1ccc(-c2ccc3c(c2)-c2cccc4c(-c5ccc6c(c5)C(c5ccccc5)(c5ccccc5)c5ccccc5-6)ccc(c24)O3)cc1. The van der Waals surface area contributed by atoms with Gasteiger partial charge in [0.2, 0.25) is 0 Å². The van der Waals surface area contributed by atoms with Crippen LogP contribution in [-0.2, 0) is 5.41 Å². The maximum atomic E-state index is 6.60. The van der Waals surface area contributed by atoms with Crippen molar-refractivity contribution in [3.63, 3.8) is 0 Å². The van der Waals surface area contributed by atoms with Crippen molar-refractivity contribution in [2.75, 3.05) is 0 Å². The molecule has 1 aliphatic carbocycles. The summed E-state index contributed by atoms with van der Waals surface area (Å²) in [4.78, 5) is 0. The molecule has 2 aliphatic rings. The number of benzene rings is 8. The summed E-state index contributed by atoms with van der Waals surface area (Å²) in [6, 6.07) is 66.2. The summed E-state index contributed by atoms with van der Waals surface area (Å²) < 4.78 is 6.60. The van der Waals surface area contributed by atoms with Crippen LogP contribution in [0.1, 0.15) is 22.3 Å². The van der Waals surface area contributed by atoms with Gasteiger partial charge >= 0.3 is 0 Å². The highest BCUT2D eigenvalue weighted by molar-refractivity contribution is 6.10. The lowest BCUT2D eigenvalue weighted by atomic mass is 9.67. The molecule has 0 fully saturated rings. The van der Waals surface area contributed by atoms with Gasteiger partial charge in [0.1, 0.15) is 11.5 Å². The molecule has 0 saturated carbocycles. The molecule has 224 valence electrons. The molecule has 1 nitrogen and oxygen atoms in total. The molecule has 0 N–H and O–H groups in total. The number of fused-ring (bicyclic) bond motifs is 5. The van der Waals surface area contributed by atoms with E-state index in [2.05, 4.69) is 182 Å². The van der Waals surface area contributed by atoms with E-state index < -0.39 is 5.41 Å². The van der Waals surface area contributed by atoms with Crippen LogP contribution in [0.15, 0.2) is 182 Å². The Balaban J connectivity index is 1.20. The average Bonchev–Trinajstić information content (AvgIpc) is 3.46. The molecule has 0 unspecified atom stereocenters. The molecule has 8 aromatic carbocycles. The monoisotopic (exact) mass is 610 g/mol. The molecular formula is C47H30O. The molecule has 1 heterocycles.